The van der Waals surface area contributed by atoms with E-state index < -0.39 is 0 Å². The minimum Gasteiger partial charge on any atom is -0.316 e. The summed E-state index contributed by atoms with van der Waals surface area (Å²) in [6, 6.07) is 6.56. The third-order valence-corrected chi connectivity index (χ3v) is 4.51. The molecule has 17 heavy (non-hydrogen) atoms. The zero-order chi connectivity index (χ0) is 11.7. The van der Waals surface area contributed by atoms with Gasteiger partial charge in [-0.2, -0.15) is 0 Å². The summed E-state index contributed by atoms with van der Waals surface area (Å²) < 4.78 is 1.33. The van der Waals surface area contributed by atoms with Gasteiger partial charge in [0, 0.05) is 6.42 Å². The molecular formula is C14H18N2S. The summed E-state index contributed by atoms with van der Waals surface area (Å²) in [7, 11) is 0. The monoisotopic (exact) mass is 246 g/mol. The number of nitrogens with zero attached hydrogens (tertiary/aromatic N) is 1. The van der Waals surface area contributed by atoms with Crippen LogP contribution in [0.15, 0.2) is 18.2 Å². The first-order valence-corrected chi connectivity index (χ1v) is 7.20. The lowest BCUT2D eigenvalue weighted by Gasteiger charge is -2.21. The highest BCUT2D eigenvalue weighted by Crippen LogP contribution is 2.26. The molecule has 0 aliphatic carbocycles. The molecule has 0 amide bonds. The minimum absolute atomic E-state index is 0.783. The van der Waals surface area contributed by atoms with Crippen LogP contribution in [-0.2, 0) is 6.42 Å². The van der Waals surface area contributed by atoms with Gasteiger partial charge in [0.1, 0.15) is 0 Å². The number of fused-ring (bicyclic) bond motifs is 1. The van der Waals surface area contributed by atoms with Crippen molar-refractivity contribution < 1.29 is 0 Å². The number of aromatic nitrogens is 1. The standard InChI is InChI=1S/C14H18N2S/c1-10-4-5-13-12(7-10)16-14(17-13)8-11-3-2-6-15-9-11/h4-5,7,11,15H,2-3,6,8-9H2,1H3. The van der Waals surface area contributed by atoms with E-state index in [9.17, 15) is 0 Å². The molecule has 1 aliphatic heterocycles. The lowest BCUT2D eigenvalue weighted by molar-refractivity contribution is 0.376. The zero-order valence-corrected chi connectivity index (χ0v) is 11.0. The first-order chi connectivity index (χ1) is 8.31. The summed E-state index contributed by atoms with van der Waals surface area (Å²) in [4.78, 5) is 4.76. The van der Waals surface area contributed by atoms with E-state index in [1.54, 1.807) is 0 Å². The molecule has 1 N–H and O–H groups in total. The molecule has 0 saturated carbocycles. The van der Waals surface area contributed by atoms with Crippen LogP contribution in [0, 0.1) is 12.8 Å². The van der Waals surface area contributed by atoms with E-state index >= 15 is 0 Å². The lowest BCUT2D eigenvalue weighted by atomic mass is 9.97. The molecule has 90 valence electrons. The van der Waals surface area contributed by atoms with Crippen molar-refractivity contribution in [2.75, 3.05) is 13.1 Å². The summed E-state index contributed by atoms with van der Waals surface area (Å²) in [5.74, 6) is 0.783. The Labute approximate surface area is 106 Å². The Morgan fingerprint density at radius 1 is 1.47 bits per heavy atom. The van der Waals surface area contributed by atoms with Gasteiger partial charge >= 0.3 is 0 Å². The third-order valence-electron chi connectivity index (χ3n) is 3.45. The second-order valence-electron chi connectivity index (χ2n) is 5.00. The van der Waals surface area contributed by atoms with Crippen molar-refractivity contribution in [1.82, 2.24) is 10.3 Å². The first kappa shape index (κ1) is 11.2. The number of nitrogens with one attached hydrogen (secondary N) is 1. The average Bonchev–Trinajstić information content (AvgIpc) is 2.71. The number of hydrogen-bond acceptors (Lipinski definition) is 3. The Kier molecular flexibility index (Phi) is 3.12. The molecule has 0 bridgehead atoms. The van der Waals surface area contributed by atoms with Gasteiger partial charge in [-0.05, 0) is 56.5 Å². The maximum Gasteiger partial charge on any atom is 0.0941 e. The number of hydrogen-bond donors (Lipinski definition) is 1. The van der Waals surface area contributed by atoms with Crippen LogP contribution >= 0.6 is 11.3 Å². The summed E-state index contributed by atoms with van der Waals surface area (Å²) >= 11 is 1.86. The van der Waals surface area contributed by atoms with Gasteiger partial charge in [-0.25, -0.2) is 4.98 Å². The number of aryl methyl sites for hydroxylation is 1. The van der Waals surface area contributed by atoms with E-state index in [2.05, 4.69) is 30.4 Å². The minimum atomic E-state index is 0.783. The topological polar surface area (TPSA) is 24.9 Å². The summed E-state index contributed by atoms with van der Waals surface area (Å²) in [6.07, 6.45) is 3.81. The van der Waals surface area contributed by atoms with Crippen LogP contribution in [0.25, 0.3) is 10.2 Å². The van der Waals surface area contributed by atoms with Crippen molar-refractivity contribution in [3.05, 3.63) is 28.8 Å². The predicted molar refractivity (Wildman–Crippen MR) is 73.7 cm³/mol. The fourth-order valence-electron chi connectivity index (χ4n) is 2.52. The van der Waals surface area contributed by atoms with Crippen LogP contribution in [0.1, 0.15) is 23.4 Å². The molecule has 1 atom stereocenters. The van der Waals surface area contributed by atoms with Gasteiger partial charge in [0.05, 0.1) is 15.2 Å². The largest absolute Gasteiger partial charge is 0.316 e. The second kappa shape index (κ2) is 4.75. The van der Waals surface area contributed by atoms with E-state index in [0.29, 0.717) is 0 Å². The van der Waals surface area contributed by atoms with Crippen molar-refractivity contribution in [3.63, 3.8) is 0 Å². The molecule has 1 fully saturated rings. The maximum atomic E-state index is 4.76. The lowest BCUT2D eigenvalue weighted by Crippen LogP contribution is -2.30. The molecular weight excluding hydrogens is 228 g/mol. The van der Waals surface area contributed by atoms with E-state index in [0.717, 1.165) is 18.9 Å². The van der Waals surface area contributed by atoms with Crippen molar-refractivity contribution in [2.45, 2.75) is 26.2 Å². The number of thiazole rings is 1. The van der Waals surface area contributed by atoms with Gasteiger partial charge in [-0.1, -0.05) is 6.07 Å². The molecule has 1 aromatic heterocycles. The molecule has 2 aromatic rings. The van der Waals surface area contributed by atoms with Crippen molar-refractivity contribution in [2.24, 2.45) is 5.92 Å². The quantitative estimate of drug-likeness (QED) is 0.880. The molecule has 0 spiro atoms. The van der Waals surface area contributed by atoms with Crippen molar-refractivity contribution in [3.8, 4) is 0 Å². The van der Waals surface area contributed by atoms with Crippen LogP contribution in [-0.4, -0.2) is 18.1 Å². The first-order valence-electron chi connectivity index (χ1n) is 6.38. The fourth-order valence-corrected chi connectivity index (χ4v) is 3.58. The van der Waals surface area contributed by atoms with Crippen LogP contribution in [0.2, 0.25) is 0 Å². The summed E-state index contributed by atoms with van der Waals surface area (Å²) in [5, 5.41) is 4.78. The SMILES string of the molecule is Cc1ccc2sc(CC3CCCNC3)nc2c1. The molecule has 2 nitrogen and oxygen atoms in total. The summed E-state index contributed by atoms with van der Waals surface area (Å²) in [6.45, 7) is 4.48. The Bertz CT molecular complexity index is 512. The van der Waals surface area contributed by atoms with Crippen molar-refractivity contribution >= 4 is 21.6 Å². The molecule has 3 rings (SSSR count). The Hall–Kier alpha value is -0.930. The molecule has 0 radical (unpaired) electrons. The van der Waals surface area contributed by atoms with E-state index in [1.807, 2.05) is 11.3 Å². The Morgan fingerprint density at radius 3 is 3.24 bits per heavy atom. The van der Waals surface area contributed by atoms with Crippen molar-refractivity contribution in [1.29, 1.82) is 0 Å². The highest BCUT2D eigenvalue weighted by atomic mass is 32.1. The van der Waals surface area contributed by atoms with Crippen LogP contribution in [0.5, 0.6) is 0 Å². The Balaban J connectivity index is 1.80. The molecule has 1 aliphatic rings. The van der Waals surface area contributed by atoms with Crippen LogP contribution in [0.4, 0.5) is 0 Å². The smallest absolute Gasteiger partial charge is 0.0941 e. The van der Waals surface area contributed by atoms with Gasteiger partial charge in [0.25, 0.3) is 0 Å². The fraction of sp³-hybridized carbons (Fsp3) is 0.500. The highest BCUT2D eigenvalue weighted by molar-refractivity contribution is 7.18. The number of rotatable bonds is 2. The van der Waals surface area contributed by atoms with Gasteiger partial charge in [0.15, 0.2) is 0 Å². The molecule has 3 heteroatoms. The second-order valence-corrected chi connectivity index (χ2v) is 6.11. The molecule has 2 heterocycles. The molecule has 1 unspecified atom stereocenters. The summed E-state index contributed by atoms with van der Waals surface area (Å²) in [5.41, 5.74) is 2.47. The number of piperidine rings is 1. The van der Waals surface area contributed by atoms with Gasteiger partial charge in [-0.3, -0.25) is 0 Å². The van der Waals surface area contributed by atoms with E-state index in [1.165, 1.54) is 40.2 Å². The normalized spacial score (nSPS) is 20.9. The third kappa shape index (κ3) is 2.50. The molecule has 1 aromatic carbocycles. The average molecular weight is 246 g/mol. The number of benzene rings is 1. The predicted octanol–water partition coefficient (Wildman–Crippen LogP) is 3.15. The maximum absolute atomic E-state index is 4.76. The van der Waals surface area contributed by atoms with Crippen LogP contribution < -0.4 is 5.32 Å². The van der Waals surface area contributed by atoms with Crippen LogP contribution in [0.3, 0.4) is 0 Å². The Morgan fingerprint density at radius 2 is 2.41 bits per heavy atom. The van der Waals surface area contributed by atoms with E-state index in [-0.39, 0.29) is 0 Å². The van der Waals surface area contributed by atoms with E-state index in [4.69, 9.17) is 4.98 Å². The van der Waals surface area contributed by atoms with Gasteiger partial charge in [0.2, 0.25) is 0 Å². The zero-order valence-electron chi connectivity index (χ0n) is 10.2. The molecule has 1 saturated heterocycles. The highest BCUT2D eigenvalue weighted by Gasteiger charge is 2.15. The van der Waals surface area contributed by atoms with Gasteiger partial charge < -0.3 is 5.32 Å². The van der Waals surface area contributed by atoms with Gasteiger partial charge in [-0.15, -0.1) is 11.3 Å².